The summed E-state index contributed by atoms with van der Waals surface area (Å²) in [7, 11) is 0. The van der Waals surface area contributed by atoms with E-state index in [2.05, 4.69) is 11.8 Å². The first-order valence-electron chi connectivity index (χ1n) is 8.49. The summed E-state index contributed by atoms with van der Waals surface area (Å²) in [6.07, 6.45) is 1.91. The van der Waals surface area contributed by atoms with Gasteiger partial charge in [-0.1, -0.05) is 12.1 Å². The van der Waals surface area contributed by atoms with Gasteiger partial charge < -0.3 is 14.7 Å². The Morgan fingerprint density at radius 2 is 2.26 bits per heavy atom. The topological polar surface area (TPSA) is 53.0 Å². The van der Waals surface area contributed by atoms with Gasteiger partial charge in [-0.15, -0.1) is 0 Å². The van der Waals surface area contributed by atoms with E-state index in [1.165, 1.54) is 12.8 Å². The Balaban J connectivity index is 1.64. The SMILES string of the molecule is CC(Oc1cccc(CO)c1)C(=O)N1CC2CCCN2CC1C. The Labute approximate surface area is 137 Å². The van der Waals surface area contributed by atoms with Crippen molar-refractivity contribution in [1.82, 2.24) is 9.80 Å². The summed E-state index contributed by atoms with van der Waals surface area (Å²) in [5.41, 5.74) is 0.787. The number of carbonyl (C=O) groups is 1. The van der Waals surface area contributed by atoms with Crippen LogP contribution in [-0.2, 0) is 11.4 Å². The van der Waals surface area contributed by atoms with Gasteiger partial charge in [-0.05, 0) is 50.9 Å². The summed E-state index contributed by atoms with van der Waals surface area (Å²) in [4.78, 5) is 17.3. The maximum Gasteiger partial charge on any atom is 0.263 e. The second-order valence-corrected chi connectivity index (χ2v) is 6.70. The van der Waals surface area contributed by atoms with Crippen LogP contribution in [0.3, 0.4) is 0 Å². The lowest BCUT2D eigenvalue weighted by molar-refractivity contribution is -0.143. The third kappa shape index (κ3) is 3.51. The first-order valence-corrected chi connectivity index (χ1v) is 8.49. The van der Waals surface area contributed by atoms with Crippen molar-refractivity contribution in [2.24, 2.45) is 0 Å². The normalized spacial score (nSPS) is 26.0. The van der Waals surface area contributed by atoms with Crippen LogP contribution in [0.4, 0.5) is 0 Å². The van der Waals surface area contributed by atoms with Crippen molar-refractivity contribution in [3.05, 3.63) is 29.8 Å². The molecule has 0 saturated carbocycles. The van der Waals surface area contributed by atoms with Gasteiger partial charge in [0.1, 0.15) is 5.75 Å². The molecule has 0 bridgehead atoms. The zero-order valence-corrected chi connectivity index (χ0v) is 13.9. The highest BCUT2D eigenvalue weighted by Gasteiger charge is 2.38. The molecule has 2 aliphatic heterocycles. The van der Waals surface area contributed by atoms with Crippen LogP contribution in [0, 0.1) is 0 Å². The fourth-order valence-corrected chi connectivity index (χ4v) is 3.70. The third-order valence-corrected chi connectivity index (χ3v) is 4.96. The summed E-state index contributed by atoms with van der Waals surface area (Å²) in [5, 5.41) is 9.20. The van der Waals surface area contributed by atoms with Gasteiger partial charge in [0.2, 0.25) is 0 Å². The van der Waals surface area contributed by atoms with Gasteiger partial charge in [0.05, 0.1) is 6.61 Å². The van der Waals surface area contributed by atoms with Crippen LogP contribution < -0.4 is 4.74 Å². The maximum atomic E-state index is 12.8. The predicted octanol–water partition coefficient (Wildman–Crippen LogP) is 1.64. The number of nitrogens with zero attached hydrogens (tertiary/aromatic N) is 2. The Kier molecular flexibility index (Phi) is 4.87. The Morgan fingerprint density at radius 1 is 1.43 bits per heavy atom. The van der Waals surface area contributed by atoms with Crippen molar-refractivity contribution in [3.63, 3.8) is 0 Å². The number of carbonyl (C=O) groups excluding carboxylic acids is 1. The van der Waals surface area contributed by atoms with E-state index in [-0.39, 0.29) is 18.6 Å². The smallest absolute Gasteiger partial charge is 0.263 e. The molecule has 0 radical (unpaired) electrons. The highest BCUT2D eigenvalue weighted by molar-refractivity contribution is 5.81. The summed E-state index contributed by atoms with van der Waals surface area (Å²) in [5.74, 6) is 0.683. The minimum atomic E-state index is -0.514. The Morgan fingerprint density at radius 3 is 3.04 bits per heavy atom. The molecule has 0 aliphatic carbocycles. The lowest BCUT2D eigenvalue weighted by Gasteiger charge is -2.43. The van der Waals surface area contributed by atoms with Crippen LogP contribution in [0.1, 0.15) is 32.3 Å². The molecule has 2 aliphatic rings. The fourth-order valence-electron chi connectivity index (χ4n) is 3.70. The first-order chi connectivity index (χ1) is 11.1. The third-order valence-electron chi connectivity index (χ3n) is 4.96. The number of hydrogen-bond donors (Lipinski definition) is 1. The Hall–Kier alpha value is -1.59. The van der Waals surface area contributed by atoms with Gasteiger partial charge in [-0.2, -0.15) is 0 Å². The second kappa shape index (κ2) is 6.89. The molecule has 23 heavy (non-hydrogen) atoms. The second-order valence-electron chi connectivity index (χ2n) is 6.70. The number of hydrogen-bond acceptors (Lipinski definition) is 4. The van der Waals surface area contributed by atoms with Crippen molar-refractivity contribution in [2.75, 3.05) is 19.6 Å². The van der Waals surface area contributed by atoms with Gasteiger partial charge in [-0.3, -0.25) is 9.69 Å². The minimum absolute atomic E-state index is 0.0276. The zero-order chi connectivity index (χ0) is 16.4. The molecule has 5 heteroatoms. The summed E-state index contributed by atoms with van der Waals surface area (Å²) in [6, 6.07) is 8.01. The zero-order valence-electron chi connectivity index (χ0n) is 13.9. The molecule has 3 rings (SSSR count). The van der Waals surface area contributed by atoms with E-state index in [9.17, 15) is 9.90 Å². The molecular weight excluding hydrogens is 292 g/mol. The van der Waals surface area contributed by atoms with E-state index >= 15 is 0 Å². The van der Waals surface area contributed by atoms with Crippen LogP contribution in [0.2, 0.25) is 0 Å². The summed E-state index contributed by atoms with van der Waals surface area (Å²) >= 11 is 0. The van der Waals surface area contributed by atoms with Gasteiger partial charge in [-0.25, -0.2) is 0 Å². The minimum Gasteiger partial charge on any atom is -0.481 e. The number of amides is 1. The maximum absolute atomic E-state index is 12.8. The van der Waals surface area contributed by atoms with E-state index in [1.54, 1.807) is 6.07 Å². The highest BCUT2D eigenvalue weighted by atomic mass is 16.5. The van der Waals surface area contributed by atoms with Gasteiger partial charge in [0, 0.05) is 25.2 Å². The summed E-state index contributed by atoms with van der Waals surface area (Å²) in [6.45, 7) is 6.83. The van der Waals surface area contributed by atoms with Crippen LogP contribution in [-0.4, -0.2) is 58.6 Å². The van der Waals surface area contributed by atoms with Crippen molar-refractivity contribution in [2.45, 2.75) is 51.5 Å². The van der Waals surface area contributed by atoms with E-state index in [1.807, 2.05) is 30.0 Å². The molecule has 1 aromatic rings. The molecule has 2 fully saturated rings. The van der Waals surface area contributed by atoms with E-state index < -0.39 is 6.10 Å². The largest absolute Gasteiger partial charge is 0.481 e. The summed E-state index contributed by atoms with van der Waals surface area (Å²) < 4.78 is 5.82. The molecular formula is C18H26N2O3. The van der Waals surface area contributed by atoms with Crippen molar-refractivity contribution >= 4 is 5.91 Å². The van der Waals surface area contributed by atoms with Gasteiger partial charge >= 0.3 is 0 Å². The average molecular weight is 318 g/mol. The van der Waals surface area contributed by atoms with E-state index in [0.29, 0.717) is 11.8 Å². The standard InChI is InChI=1S/C18H26N2O3/c1-13-10-19-8-4-6-16(19)11-20(13)18(22)14(2)23-17-7-3-5-15(9-17)12-21/h3,5,7,9,13-14,16,21H,4,6,8,10-12H2,1-2H3. The number of fused-ring (bicyclic) bond motifs is 1. The van der Waals surface area contributed by atoms with Crippen LogP contribution in [0.15, 0.2) is 24.3 Å². The molecule has 2 saturated heterocycles. The number of piperazine rings is 1. The number of ether oxygens (including phenoxy) is 1. The number of rotatable bonds is 4. The Bertz CT molecular complexity index is 563. The van der Waals surface area contributed by atoms with Gasteiger partial charge in [0.15, 0.2) is 6.10 Å². The van der Waals surface area contributed by atoms with Crippen molar-refractivity contribution < 1.29 is 14.6 Å². The number of benzene rings is 1. The lowest BCUT2D eigenvalue weighted by Crippen LogP contribution is -2.58. The lowest BCUT2D eigenvalue weighted by atomic mass is 10.1. The van der Waals surface area contributed by atoms with Crippen LogP contribution in [0.25, 0.3) is 0 Å². The molecule has 0 aromatic heterocycles. The number of aliphatic hydroxyl groups is 1. The molecule has 0 spiro atoms. The molecule has 1 amide bonds. The molecule has 126 valence electrons. The fraction of sp³-hybridized carbons (Fsp3) is 0.611. The molecule has 2 heterocycles. The monoisotopic (exact) mass is 318 g/mol. The molecule has 5 nitrogen and oxygen atoms in total. The highest BCUT2D eigenvalue weighted by Crippen LogP contribution is 2.25. The first kappa shape index (κ1) is 16.3. The molecule has 1 N–H and O–H groups in total. The number of aliphatic hydroxyl groups excluding tert-OH is 1. The van der Waals surface area contributed by atoms with E-state index in [4.69, 9.17) is 4.74 Å². The average Bonchev–Trinajstić information content (AvgIpc) is 3.00. The van der Waals surface area contributed by atoms with Crippen molar-refractivity contribution in [3.8, 4) is 5.75 Å². The molecule has 1 aromatic carbocycles. The molecule has 3 unspecified atom stereocenters. The van der Waals surface area contributed by atoms with Crippen LogP contribution >= 0.6 is 0 Å². The predicted molar refractivity (Wildman–Crippen MR) is 88.2 cm³/mol. The quantitative estimate of drug-likeness (QED) is 0.917. The van der Waals surface area contributed by atoms with Crippen LogP contribution in [0.5, 0.6) is 5.75 Å². The van der Waals surface area contributed by atoms with Crippen molar-refractivity contribution in [1.29, 1.82) is 0 Å². The van der Waals surface area contributed by atoms with E-state index in [0.717, 1.165) is 25.2 Å². The molecule has 3 atom stereocenters. The van der Waals surface area contributed by atoms with Gasteiger partial charge in [0.25, 0.3) is 5.91 Å².